The largest absolute Gasteiger partial charge is 0.491 e. The molecule has 0 bridgehead atoms. The third kappa shape index (κ3) is 4.42. The first-order chi connectivity index (χ1) is 8.15. The fourth-order valence-corrected chi connectivity index (χ4v) is 1.39. The van der Waals surface area contributed by atoms with Gasteiger partial charge in [-0.05, 0) is 19.2 Å². The number of aliphatic hydroxyl groups excluding tert-OH is 1. The van der Waals surface area contributed by atoms with Crippen molar-refractivity contribution in [3.63, 3.8) is 0 Å². The lowest BCUT2D eigenvalue weighted by Crippen LogP contribution is -2.27. The zero-order chi connectivity index (χ0) is 12.7. The normalized spacial score (nSPS) is 10.5. The number of carbonyl (C=O) groups is 1. The number of nitrogens with two attached hydrogens (primary N) is 1. The van der Waals surface area contributed by atoms with E-state index in [0.29, 0.717) is 31.0 Å². The first-order valence-electron chi connectivity index (χ1n) is 5.46. The Bertz CT molecular complexity index is 369. The van der Waals surface area contributed by atoms with Crippen LogP contribution >= 0.6 is 0 Å². The van der Waals surface area contributed by atoms with E-state index in [2.05, 4.69) is 0 Å². The van der Waals surface area contributed by atoms with Crippen molar-refractivity contribution in [1.29, 1.82) is 0 Å². The smallest absolute Gasteiger partial charge is 0.252 e. The van der Waals surface area contributed by atoms with Crippen LogP contribution in [-0.4, -0.2) is 49.3 Å². The van der Waals surface area contributed by atoms with Gasteiger partial charge in [0.1, 0.15) is 12.4 Å². The minimum absolute atomic E-state index is 0.119. The summed E-state index contributed by atoms with van der Waals surface area (Å²) in [6.07, 6.45) is 0. The summed E-state index contributed by atoms with van der Waals surface area (Å²) in [6.45, 7) is 1.84. The second-order valence-corrected chi connectivity index (χ2v) is 3.74. The molecule has 1 aromatic rings. The summed E-state index contributed by atoms with van der Waals surface area (Å²) < 4.78 is 5.49. The van der Waals surface area contributed by atoms with E-state index in [-0.39, 0.29) is 6.61 Å². The molecule has 1 rings (SSSR count). The number of primary amides is 1. The monoisotopic (exact) mass is 238 g/mol. The number of likely N-dealkylation sites (N-methyl/N-ethyl adjacent to an activating group) is 1. The molecule has 1 amide bonds. The maximum Gasteiger partial charge on any atom is 0.252 e. The van der Waals surface area contributed by atoms with Gasteiger partial charge in [0.25, 0.3) is 5.91 Å². The third-order valence-electron chi connectivity index (χ3n) is 2.36. The molecule has 0 aliphatic carbocycles. The molecule has 0 atom stereocenters. The van der Waals surface area contributed by atoms with Crippen LogP contribution in [0.25, 0.3) is 0 Å². The van der Waals surface area contributed by atoms with Crippen LogP contribution in [0.5, 0.6) is 5.75 Å². The fraction of sp³-hybridized carbons (Fsp3) is 0.417. The van der Waals surface area contributed by atoms with Gasteiger partial charge in [-0.25, -0.2) is 0 Å². The van der Waals surface area contributed by atoms with Crippen molar-refractivity contribution in [2.45, 2.75) is 0 Å². The van der Waals surface area contributed by atoms with Crippen molar-refractivity contribution in [2.24, 2.45) is 5.73 Å². The third-order valence-corrected chi connectivity index (χ3v) is 2.36. The number of carbonyl (C=O) groups excluding carboxylic acids is 1. The Morgan fingerprint density at radius 1 is 1.41 bits per heavy atom. The molecule has 5 heteroatoms. The topological polar surface area (TPSA) is 75.8 Å². The standard InChI is InChI=1S/C12H18N2O3/c1-14(6-8-15)7-9-17-11-5-3-2-4-10(11)12(13)16/h2-5,15H,6-9H2,1H3,(H2,13,16). The summed E-state index contributed by atoms with van der Waals surface area (Å²) in [5.74, 6) is 0.00158. The number of aliphatic hydroxyl groups is 1. The molecule has 0 saturated heterocycles. The Hall–Kier alpha value is -1.59. The fourth-order valence-electron chi connectivity index (χ4n) is 1.39. The summed E-state index contributed by atoms with van der Waals surface area (Å²) in [7, 11) is 1.89. The molecule has 0 aliphatic heterocycles. The van der Waals surface area contributed by atoms with E-state index in [0.717, 1.165) is 0 Å². The summed E-state index contributed by atoms with van der Waals surface area (Å²) >= 11 is 0. The number of para-hydroxylation sites is 1. The van der Waals surface area contributed by atoms with E-state index >= 15 is 0 Å². The van der Waals surface area contributed by atoms with Crippen LogP contribution < -0.4 is 10.5 Å². The van der Waals surface area contributed by atoms with Crippen molar-refractivity contribution in [2.75, 3.05) is 33.4 Å². The highest BCUT2D eigenvalue weighted by Crippen LogP contribution is 2.16. The van der Waals surface area contributed by atoms with Crippen LogP contribution in [0, 0.1) is 0 Å². The number of hydrogen-bond donors (Lipinski definition) is 2. The summed E-state index contributed by atoms with van der Waals surface area (Å²) in [5.41, 5.74) is 5.62. The van der Waals surface area contributed by atoms with Gasteiger partial charge in [-0.2, -0.15) is 0 Å². The van der Waals surface area contributed by atoms with E-state index in [1.807, 2.05) is 11.9 Å². The van der Waals surface area contributed by atoms with Gasteiger partial charge in [-0.3, -0.25) is 4.79 Å². The molecular weight excluding hydrogens is 220 g/mol. The number of nitrogens with zero attached hydrogens (tertiary/aromatic N) is 1. The highest BCUT2D eigenvalue weighted by atomic mass is 16.5. The highest BCUT2D eigenvalue weighted by Gasteiger charge is 2.08. The average molecular weight is 238 g/mol. The highest BCUT2D eigenvalue weighted by molar-refractivity contribution is 5.95. The summed E-state index contributed by atoms with van der Waals surface area (Å²) in [4.78, 5) is 13.1. The molecule has 0 unspecified atom stereocenters. The van der Waals surface area contributed by atoms with Gasteiger partial charge < -0.3 is 20.5 Å². The molecule has 0 aliphatic rings. The molecule has 1 aromatic carbocycles. The van der Waals surface area contributed by atoms with Crippen LogP contribution in [0.3, 0.4) is 0 Å². The first kappa shape index (κ1) is 13.5. The first-order valence-corrected chi connectivity index (χ1v) is 5.46. The Morgan fingerprint density at radius 3 is 2.76 bits per heavy atom. The molecule has 3 N–H and O–H groups in total. The number of hydrogen-bond acceptors (Lipinski definition) is 4. The van der Waals surface area contributed by atoms with E-state index in [1.54, 1.807) is 24.3 Å². The second-order valence-electron chi connectivity index (χ2n) is 3.74. The Balaban J connectivity index is 2.49. The van der Waals surface area contributed by atoms with E-state index in [1.165, 1.54) is 0 Å². The molecular formula is C12H18N2O3. The molecule has 0 aromatic heterocycles. The molecule has 94 valence electrons. The number of amides is 1. The SMILES string of the molecule is CN(CCO)CCOc1ccccc1C(N)=O. The zero-order valence-corrected chi connectivity index (χ0v) is 9.93. The van der Waals surface area contributed by atoms with E-state index < -0.39 is 5.91 Å². The van der Waals surface area contributed by atoms with Crippen LogP contribution in [0.15, 0.2) is 24.3 Å². The minimum atomic E-state index is -0.496. The quantitative estimate of drug-likeness (QED) is 0.706. The summed E-state index contributed by atoms with van der Waals surface area (Å²) in [6, 6.07) is 6.88. The lowest BCUT2D eigenvalue weighted by Gasteiger charge is -2.16. The number of rotatable bonds is 7. The lowest BCUT2D eigenvalue weighted by atomic mass is 10.2. The average Bonchev–Trinajstić information content (AvgIpc) is 2.30. The molecule has 0 heterocycles. The maximum atomic E-state index is 11.1. The van der Waals surface area contributed by atoms with Gasteiger partial charge in [0.05, 0.1) is 12.2 Å². The molecule has 0 fully saturated rings. The van der Waals surface area contributed by atoms with Crippen molar-refractivity contribution in [1.82, 2.24) is 4.90 Å². The maximum absolute atomic E-state index is 11.1. The Kier molecular flexibility index (Phi) is 5.45. The van der Waals surface area contributed by atoms with E-state index in [4.69, 9.17) is 15.6 Å². The van der Waals surface area contributed by atoms with Gasteiger partial charge in [0, 0.05) is 13.1 Å². The van der Waals surface area contributed by atoms with Gasteiger partial charge in [0.15, 0.2) is 0 Å². The van der Waals surface area contributed by atoms with Crippen LogP contribution in [-0.2, 0) is 0 Å². The van der Waals surface area contributed by atoms with Gasteiger partial charge in [0.2, 0.25) is 0 Å². The van der Waals surface area contributed by atoms with Crippen LogP contribution in [0.2, 0.25) is 0 Å². The molecule has 17 heavy (non-hydrogen) atoms. The van der Waals surface area contributed by atoms with Gasteiger partial charge in [-0.15, -0.1) is 0 Å². The molecule has 5 nitrogen and oxygen atoms in total. The van der Waals surface area contributed by atoms with Crippen LogP contribution in [0.4, 0.5) is 0 Å². The predicted molar refractivity (Wildman–Crippen MR) is 65.0 cm³/mol. The Labute approximate surface area is 101 Å². The number of ether oxygens (including phenoxy) is 1. The van der Waals surface area contributed by atoms with E-state index in [9.17, 15) is 4.79 Å². The van der Waals surface area contributed by atoms with Crippen LogP contribution in [0.1, 0.15) is 10.4 Å². The molecule has 0 saturated carbocycles. The minimum Gasteiger partial charge on any atom is -0.491 e. The zero-order valence-electron chi connectivity index (χ0n) is 9.93. The molecule has 0 radical (unpaired) electrons. The number of benzene rings is 1. The van der Waals surface area contributed by atoms with Crippen molar-refractivity contribution >= 4 is 5.91 Å². The molecule has 0 spiro atoms. The predicted octanol–water partition coefficient (Wildman–Crippen LogP) is 0.0884. The van der Waals surface area contributed by atoms with Gasteiger partial charge >= 0.3 is 0 Å². The Morgan fingerprint density at radius 2 is 2.12 bits per heavy atom. The van der Waals surface area contributed by atoms with Crippen molar-refractivity contribution < 1.29 is 14.6 Å². The van der Waals surface area contributed by atoms with Gasteiger partial charge in [-0.1, -0.05) is 12.1 Å². The van der Waals surface area contributed by atoms with Crippen molar-refractivity contribution in [3.05, 3.63) is 29.8 Å². The van der Waals surface area contributed by atoms with Crippen molar-refractivity contribution in [3.8, 4) is 5.75 Å². The summed E-state index contributed by atoms with van der Waals surface area (Å²) in [5, 5.41) is 8.73. The second kappa shape index (κ2) is 6.88. The lowest BCUT2D eigenvalue weighted by molar-refractivity contribution is 0.0995.